The molecule has 4 nitrogen and oxygen atoms in total. The van der Waals surface area contributed by atoms with Gasteiger partial charge in [-0.2, -0.15) is 5.26 Å². The number of ether oxygens (including phenoxy) is 2. The molecule has 0 aromatic heterocycles. The molecule has 0 spiro atoms. The Bertz CT molecular complexity index is 880. The van der Waals surface area contributed by atoms with Crippen LogP contribution in [0.15, 0.2) is 42.5 Å². The highest BCUT2D eigenvalue weighted by Crippen LogP contribution is 2.33. The van der Waals surface area contributed by atoms with Gasteiger partial charge in [0.1, 0.15) is 23.4 Å². The van der Waals surface area contributed by atoms with Crippen molar-refractivity contribution >= 4 is 5.97 Å². The van der Waals surface area contributed by atoms with Crippen LogP contribution in [0.2, 0.25) is 0 Å². The molecular weight excluding hydrogens is 381 g/mol. The van der Waals surface area contributed by atoms with E-state index in [1.165, 1.54) is 50.7 Å². The van der Waals surface area contributed by atoms with E-state index in [0.29, 0.717) is 17.9 Å². The molecule has 2 aromatic rings. The number of halogens is 1. The van der Waals surface area contributed by atoms with Gasteiger partial charge in [-0.05, 0) is 61.1 Å². The van der Waals surface area contributed by atoms with Crippen LogP contribution >= 0.6 is 0 Å². The highest BCUT2D eigenvalue weighted by molar-refractivity contribution is 5.91. The first-order valence-corrected chi connectivity index (χ1v) is 10.7. The van der Waals surface area contributed by atoms with E-state index in [1.54, 1.807) is 30.3 Å². The Hall–Kier alpha value is -2.87. The molecule has 0 amide bonds. The summed E-state index contributed by atoms with van der Waals surface area (Å²) in [5.74, 6) is 1.23. The standard InChI is InChI=1S/C25H28FNO3/c1-2-18-5-7-19(8-6-18)4-3-15-29-22-12-9-20(10-13-22)25(28)30-23-14-11-21(17-27)24(26)16-23/h9-14,16,18-19H,2-8,15H2,1H3/t18-,19-. The number of nitrogens with zero attached hydrogens (tertiary/aromatic N) is 1. The molecule has 1 saturated carbocycles. The first-order chi connectivity index (χ1) is 14.6. The lowest BCUT2D eigenvalue weighted by Gasteiger charge is -2.27. The third kappa shape index (κ3) is 6.06. The summed E-state index contributed by atoms with van der Waals surface area (Å²) in [5, 5.41) is 8.75. The maximum atomic E-state index is 13.6. The predicted octanol–water partition coefficient (Wildman–Crippen LogP) is 6.29. The third-order valence-corrected chi connectivity index (χ3v) is 5.93. The van der Waals surface area contributed by atoms with E-state index < -0.39 is 11.8 Å². The van der Waals surface area contributed by atoms with Crippen LogP contribution in [0.5, 0.6) is 11.5 Å². The molecule has 1 aliphatic rings. The molecule has 0 radical (unpaired) electrons. The van der Waals surface area contributed by atoms with E-state index in [4.69, 9.17) is 14.7 Å². The molecule has 30 heavy (non-hydrogen) atoms. The smallest absolute Gasteiger partial charge is 0.343 e. The fourth-order valence-electron chi connectivity index (χ4n) is 3.99. The molecule has 2 aromatic carbocycles. The highest BCUT2D eigenvalue weighted by atomic mass is 19.1. The summed E-state index contributed by atoms with van der Waals surface area (Å²) in [6, 6.07) is 12.2. The molecule has 0 unspecified atom stereocenters. The zero-order chi connectivity index (χ0) is 21.3. The third-order valence-electron chi connectivity index (χ3n) is 5.93. The monoisotopic (exact) mass is 409 g/mol. The summed E-state index contributed by atoms with van der Waals surface area (Å²) in [4.78, 5) is 12.2. The second-order valence-corrected chi connectivity index (χ2v) is 7.95. The van der Waals surface area contributed by atoms with Crippen LogP contribution in [0.25, 0.3) is 0 Å². The van der Waals surface area contributed by atoms with Gasteiger partial charge in [0.25, 0.3) is 0 Å². The number of hydrogen-bond acceptors (Lipinski definition) is 4. The van der Waals surface area contributed by atoms with Gasteiger partial charge in [0.15, 0.2) is 0 Å². The van der Waals surface area contributed by atoms with E-state index in [1.807, 2.05) is 0 Å². The van der Waals surface area contributed by atoms with Crippen LogP contribution in [0.1, 0.15) is 67.8 Å². The molecule has 158 valence electrons. The molecule has 1 aliphatic carbocycles. The van der Waals surface area contributed by atoms with Gasteiger partial charge in [-0.1, -0.05) is 39.0 Å². The van der Waals surface area contributed by atoms with Gasteiger partial charge in [0, 0.05) is 6.07 Å². The summed E-state index contributed by atoms with van der Waals surface area (Å²) >= 11 is 0. The Morgan fingerprint density at radius 3 is 2.37 bits per heavy atom. The fourth-order valence-corrected chi connectivity index (χ4v) is 3.99. The second-order valence-electron chi connectivity index (χ2n) is 7.95. The minimum atomic E-state index is -0.718. The molecule has 0 N–H and O–H groups in total. The number of rotatable bonds is 8. The lowest BCUT2D eigenvalue weighted by molar-refractivity contribution is 0.0734. The van der Waals surface area contributed by atoms with Crippen molar-refractivity contribution in [3.05, 3.63) is 59.4 Å². The predicted molar refractivity (Wildman–Crippen MR) is 113 cm³/mol. The van der Waals surface area contributed by atoms with Crippen LogP contribution in [-0.2, 0) is 0 Å². The summed E-state index contributed by atoms with van der Waals surface area (Å²) < 4.78 is 24.6. The van der Waals surface area contributed by atoms with Gasteiger partial charge in [0.05, 0.1) is 17.7 Å². The summed E-state index contributed by atoms with van der Waals surface area (Å²) in [6.45, 7) is 2.96. The van der Waals surface area contributed by atoms with Crippen molar-refractivity contribution in [2.24, 2.45) is 11.8 Å². The minimum Gasteiger partial charge on any atom is -0.494 e. The summed E-state index contributed by atoms with van der Waals surface area (Å²) in [5.41, 5.74) is 0.254. The molecule has 0 atom stereocenters. The van der Waals surface area contributed by atoms with Gasteiger partial charge in [-0.25, -0.2) is 9.18 Å². The molecule has 0 bridgehead atoms. The topological polar surface area (TPSA) is 59.3 Å². The van der Waals surface area contributed by atoms with Crippen molar-refractivity contribution in [2.75, 3.05) is 6.61 Å². The Kier molecular flexibility index (Phi) is 7.84. The van der Waals surface area contributed by atoms with E-state index in [9.17, 15) is 9.18 Å². The SMILES string of the molecule is CC[C@H]1CC[C@H](CCCOc2ccc(C(=O)Oc3ccc(C#N)c(F)c3)cc2)CC1. The van der Waals surface area contributed by atoms with Crippen molar-refractivity contribution < 1.29 is 18.7 Å². The van der Waals surface area contributed by atoms with Crippen molar-refractivity contribution in [1.82, 2.24) is 0 Å². The first-order valence-electron chi connectivity index (χ1n) is 10.7. The van der Waals surface area contributed by atoms with Gasteiger partial charge in [-0.3, -0.25) is 0 Å². The van der Waals surface area contributed by atoms with E-state index >= 15 is 0 Å². The number of benzene rings is 2. The Morgan fingerprint density at radius 2 is 1.73 bits per heavy atom. The number of hydrogen-bond donors (Lipinski definition) is 0. The number of carbonyl (C=O) groups is 1. The fraction of sp³-hybridized carbons (Fsp3) is 0.440. The molecule has 1 fully saturated rings. The normalized spacial score (nSPS) is 18.4. The maximum absolute atomic E-state index is 13.6. The quantitative estimate of drug-likeness (QED) is 0.292. The molecular formula is C25H28FNO3. The van der Waals surface area contributed by atoms with Crippen molar-refractivity contribution in [3.8, 4) is 17.6 Å². The van der Waals surface area contributed by atoms with Crippen molar-refractivity contribution in [2.45, 2.75) is 51.9 Å². The van der Waals surface area contributed by atoms with Crippen molar-refractivity contribution in [1.29, 1.82) is 5.26 Å². The maximum Gasteiger partial charge on any atom is 0.343 e. The molecule has 5 heteroatoms. The molecule has 3 rings (SSSR count). The lowest BCUT2D eigenvalue weighted by Crippen LogP contribution is -2.14. The summed E-state index contributed by atoms with van der Waals surface area (Å²) in [7, 11) is 0. The average Bonchev–Trinajstić information content (AvgIpc) is 2.77. The van der Waals surface area contributed by atoms with Crippen LogP contribution in [0.3, 0.4) is 0 Å². The zero-order valence-electron chi connectivity index (χ0n) is 17.4. The number of esters is 1. The molecule has 0 aliphatic heterocycles. The van der Waals surface area contributed by atoms with E-state index in [0.717, 1.165) is 24.3 Å². The Labute approximate surface area is 177 Å². The van der Waals surface area contributed by atoms with Gasteiger partial charge in [0.2, 0.25) is 0 Å². The Morgan fingerprint density at radius 1 is 1.07 bits per heavy atom. The molecule has 0 saturated heterocycles. The first kappa shape index (κ1) is 21.8. The van der Waals surface area contributed by atoms with Gasteiger partial charge < -0.3 is 9.47 Å². The van der Waals surface area contributed by atoms with Crippen LogP contribution in [0.4, 0.5) is 4.39 Å². The highest BCUT2D eigenvalue weighted by Gasteiger charge is 2.19. The van der Waals surface area contributed by atoms with Gasteiger partial charge in [-0.15, -0.1) is 0 Å². The second kappa shape index (κ2) is 10.8. The largest absolute Gasteiger partial charge is 0.494 e. The van der Waals surface area contributed by atoms with E-state index in [-0.39, 0.29) is 11.3 Å². The number of carbonyl (C=O) groups excluding carboxylic acids is 1. The summed E-state index contributed by atoms with van der Waals surface area (Å²) in [6.07, 6.45) is 8.99. The van der Waals surface area contributed by atoms with Crippen LogP contribution in [0, 0.1) is 29.0 Å². The van der Waals surface area contributed by atoms with E-state index in [2.05, 4.69) is 6.92 Å². The molecule has 0 heterocycles. The van der Waals surface area contributed by atoms with Crippen LogP contribution in [-0.4, -0.2) is 12.6 Å². The average molecular weight is 410 g/mol. The van der Waals surface area contributed by atoms with Gasteiger partial charge >= 0.3 is 5.97 Å². The lowest BCUT2D eigenvalue weighted by atomic mass is 9.79. The zero-order valence-corrected chi connectivity index (χ0v) is 17.4. The van der Waals surface area contributed by atoms with Crippen LogP contribution < -0.4 is 9.47 Å². The number of nitriles is 1. The minimum absolute atomic E-state index is 0.0600. The Balaban J connectivity index is 1.41. The van der Waals surface area contributed by atoms with Crippen molar-refractivity contribution in [3.63, 3.8) is 0 Å².